The molecule has 0 bridgehead atoms. The Morgan fingerprint density at radius 3 is 2.94 bits per heavy atom. The molecule has 1 fully saturated rings. The largest absolute Gasteiger partial charge is 0.310 e. The van der Waals surface area contributed by atoms with Crippen LogP contribution in [0.1, 0.15) is 29.7 Å². The highest BCUT2D eigenvalue weighted by Crippen LogP contribution is 2.42. The molecule has 1 N–H and O–H groups in total. The summed E-state index contributed by atoms with van der Waals surface area (Å²) in [4.78, 5) is 1.26. The molecule has 0 amide bonds. The van der Waals surface area contributed by atoms with E-state index in [0.717, 1.165) is 18.7 Å². The third-order valence-corrected chi connectivity index (χ3v) is 5.58. The van der Waals surface area contributed by atoms with E-state index >= 15 is 0 Å². The van der Waals surface area contributed by atoms with Crippen LogP contribution in [-0.4, -0.2) is 17.5 Å². The van der Waals surface area contributed by atoms with E-state index in [1.54, 1.807) is 11.3 Å². The molecule has 1 aromatic heterocycles. The van der Waals surface area contributed by atoms with Crippen molar-refractivity contribution in [3.8, 4) is 6.07 Å². The fourth-order valence-corrected chi connectivity index (χ4v) is 3.69. The van der Waals surface area contributed by atoms with Crippen molar-refractivity contribution < 1.29 is 0 Å². The standard InChI is InChI=1S/C12H16N2S2/c1-15-12(3-2-4-12)9-14-7-11-5-10(6-13)8-16-11/h5,8,14H,2-4,7,9H2,1H3. The maximum Gasteiger partial charge on any atom is 0.100 e. The van der Waals surface area contributed by atoms with Crippen molar-refractivity contribution in [2.45, 2.75) is 30.6 Å². The summed E-state index contributed by atoms with van der Waals surface area (Å²) in [6.07, 6.45) is 6.27. The third-order valence-electron chi connectivity index (χ3n) is 3.23. The molecule has 0 unspecified atom stereocenters. The minimum atomic E-state index is 0.495. The molecule has 0 saturated heterocycles. The minimum absolute atomic E-state index is 0.495. The zero-order valence-electron chi connectivity index (χ0n) is 9.45. The molecule has 1 aromatic rings. The third kappa shape index (κ3) is 2.60. The molecule has 4 heteroatoms. The Balaban J connectivity index is 1.77. The van der Waals surface area contributed by atoms with Gasteiger partial charge in [0, 0.05) is 28.1 Å². The van der Waals surface area contributed by atoms with E-state index in [9.17, 15) is 0 Å². The van der Waals surface area contributed by atoms with E-state index in [-0.39, 0.29) is 0 Å². The molecule has 0 atom stereocenters. The van der Waals surface area contributed by atoms with Gasteiger partial charge in [-0.1, -0.05) is 6.42 Å². The Morgan fingerprint density at radius 2 is 2.44 bits per heavy atom. The molecular weight excluding hydrogens is 236 g/mol. The fourth-order valence-electron chi connectivity index (χ4n) is 1.97. The second-order valence-corrected chi connectivity index (χ2v) is 6.53. The van der Waals surface area contributed by atoms with E-state index in [1.165, 1.54) is 24.1 Å². The van der Waals surface area contributed by atoms with Crippen LogP contribution in [0.25, 0.3) is 0 Å². The highest BCUT2D eigenvalue weighted by Gasteiger charge is 2.35. The van der Waals surface area contributed by atoms with Gasteiger partial charge in [-0.05, 0) is 25.2 Å². The molecule has 2 nitrogen and oxygen atoms in total. The Labute approximate surface area is 105 Å². The lowest BCUT2D eigenvalue weighted by molar-refractivity contribution is 0.346. The van der Waals surface area contributed by atoms with Crippen molar-refractivity contribution >= 4 is 23.1 Å². The van der Waals surface area contributed by atoms with Crippen LogP contribution in [0.2, 0.25) is 0 Å². The van der Waals surface area contributed by atoms with Crippen LogP contribution in [0, 0.1) is 11.3 Å². The average molecular weight is 252 g/mol. The van der Waals surface area contributed by atoms with Gasteiger partial charge in [-0.15, -0.1) is 11.3 Å². The maximum atomic E-state index is 8.72. The van der Waals surface area contributed by atoms with E-state index in [2.05, 4.69) is 17.6 Å². The topological polar surface area (TPSA) is 35.8 Å². The lowest BCUT2D eigenvalue weighted by Crippen LogP contribution is -2.43. The lowest BCUT2D eigenvalue weighted by Gasteiger charge is -2.40. The first-order valence-corrected chi connectivity index (χ1v) is 7.62. The summed E-state index contributed by atoms with van der Waals surface area (Å²) in [6, 6.07) is 4.14. The summed E-state index contributed by atoms with van der Waals surface area (Å²) in [5.74, 6) is 0. The zero-order chi connectivity index (χ0) is 11.4. The van der Waals surface area contributed by atoms with Crippen LogP contribution in [0.4, 0.5) is 0 Å². The summed E-state index contributed by atoms with van der Waals surface area (Å²) < 4.78 is 0.495. The second kappa shape index (κ2) is 5.22. The molecular formula is C12H16N2S2. The molecule has 86 valence electrons. The van der Waals surface area contributed by atoms with Gasteiger partial charge >= 0.3 is 0 Å². The Morgan fingerprint density at radius 1 is 1.62 bits per heavy atom. The maximum absolute atomic E-state index is 8.72. The van der Waals surface area contributed by atoms with Crippen molar-refractivity contribution in [2.24, 2.45) is 0 Å². The molecule has 1 heterocycles. The lowest BCUT2D eigenvalue weighted by atomic mass is 9.84. The van der Waals surface area contributed by atoms with Gasteiger partial charge in [0.05, 0.1) is 5.56 Å². The quantitative estimate of drug-likeness (QED) is 0.875. The summed E-state index contributed by atoms with van der Waals surface area (Å²) in [5, 5.41) is 14.2. The molecule has 16 heavy (non-hydrogen) atoms. The first-order valence-electron chi connectivity index (χ1n) is 5.51. The number of nitriles is 1. The van der Waals surface area contributed by atoms with Crippen LogP contribution in [0.15, 0.2) is 11.4 Å². The van der Waals surface area contributed by atoms with Crippen molar-refractivity contribution in [3.63, 3.8) is 0 Å². The summed E-state index contributed by atoms with van der Waals surface area (Å²) in [5.41, 5.74) is 0.782. The van der Waals surface area contributed by atoms with Crippen LogP contribution >= 0.6 is 23.1 Å². The van der Waals surface area contributed by atoms with Crippen molar-refractivity contribution in [2.75, 3.05) is 12.8 Å². The first-order chi connectivity index (χ1) is 7.78. The highest BCUT2D eigenvalue weighted by molar-refractivity contribution is 8.00. The monoisotopic (exact) mass is 252 g/mol. The number of nitrogens with one attached hydrogen (secondary N) is 1. The minimum Gasteiger partial charge on any atom is -0.310 e. The van der Waals surface area contributed by atoms with Gasteiger partial charge in [0.25, 0.3) is 0 Å². The molecule has 0 aromatic carbocycles. The van der Waals surface area contributed by atoms with Crippen molar-refractivity contribution in [3.05, 3.63) is 21.9 Å². The van der Waals surface area contributed by atoms with E-state index < -0.39 is 0 Å². The Kier molecular flexibility index (Phi) is 3.91. The van der Waals surface area contributed by atoms with E-state index in [0.29, 0.717) is 4.75 Å². The fraction of sp³-hybridized carbons (Fsp3) is 0.583. The van der Waals surface area contributed by atoms with Gasteiger partial charge in [0.2, 0.25) is 0 Å². The van der Waals surface area contributed by atoms with E-state index in [1.807, 2.05) is 23.2 Å². The van der Waals surface area contributed by atoms with Gasteiger partial charge < -0.3 is 5.32 Å². The highest BCUT2D eigenvalue weighted by atomic mass is 32.2. The average Bonchev–Trinajstić information content (AvgIpc) is 2.70. The number of nitrogens with zero attached hydrogens (tertiary/aromatic N) is 1. The number of hydrogen-bond acceptors (Lipinski definition) is 4. The van der Waals surface area contributed by atoms with Crippen LogP contribution < -0.4 is 5.32 Å². The molecule has 1 aliphatic carbocycles. The zero-order valence-corrected chi connectivity index (χ0v) is 11.1. The molecule has 0 aliphatic heterocycles. The second-order valence-electron chi connectivity index (χ2n) is 4.26. The van der Waals surface area contributed by atoms with Crippen molar-refractivity contribution in [1.82, 2.24) is 5.32 Å². The van der Waals surface area contributed by atoms with Gasteiger partial charge in [-0.2, -0.15) is 17.0 Å². The molecule has 1 saturated carbocycles. The molecule has 1 aliphatic rings. The van der Waals surface area contributed by atoms with Gasteiger partial charge in [-0.25, -0.2) is 0 Å². The normalized spacial score (nSPS) is 17.8. The van der Waals surface area contributed by atoms with Gasteiger partial charge in [-0.3, -0.25) is 0 Å². The summed E-state index contributed by atoms with van der Waals surface area (Å²) in [6.45, 7) is 1.99. The number of hydrogen-bond donors (Lipinski definition) is 1. The van der Waals surface area contributed by atoms with E-state index in [4.69, 9.17) is 5.26 Å². The summed E-state index contributed by atoms with van der Waals surface area (Å²) in [7, 11) is 0. The number of thiophene rings is 1. The number of rotatable bonds is 5. The Bertz CT molecular complexity index is 382. The molecule has 2 rings (SSSR count). The summed E-state index contributed by atoms with van der Waals surface area (Å²) >= 11 is 3.66. The van der Waals surface area contributed by atoms with Gasteiger partial charge in [0.1, 0.15) is 6.07 Å². The van der Waals surface area contributed by atoms with Gasteiger partial charge in [0.15, 0.2) is 0 Å². The number of thioether (sulfide) groups is 1. The van der Waals surface area contributed by atoms with Crippen LogP contribution in [0.3, 0.4) is 0 Å². The molecule has 0 radical (unpaired) electrons. The van der Waals surface area contributed by atoms with Crippen LogP contribution in [0.5, 0.6) is 0 Å². The Hall–Kier alpha value is -0.500. The predicted octanol–water partition coefficient (Wildman–Crippen LogP) is 3.00. The molecule has 0 spiro atoms. The SMILES string of the molecule is CSC1(CNCc2cc(C#N)cs2)CCC1. The predicted molar refractivity (Wildman–Crippen MR) is 70.8 cm³/mol. The van der Waals surface area contributed by atoms with Crippen molar-refractivity contribution in [1.29, 1.82) is 5.26 Å². The van der Waals surface area contributed by atoms with Crippen LogP contribution in [-0.2, 0) is 6.54 Å². The first kappa shape index (κ1) is 12.0. The smallest absolute Gasteiger partial charge is 0.100 e.